The maximum Gasteiger partial charge on any atom is 0.337 e. The first-order chi connectivity index (χ1) is 6.59. The predicted molar refractivity (Wildman–Crippen MR) is 59.3 cm³/mol. The van der Waals surface area contributed by atoms with E-state index in [-0.39, 0.29) is 18.0 Å². The number of halogens is 1. The molecule has 0 saturated carbocycles. The Bertz CT molecular complexity index is 521. The zero-order chi connectivity index (χ0) is 10.3. The van der Waals surface area contributed by atoms with Crippen LogP contribution in [0.1, 0.15) is 10.4 Å². The van der Waals surface area contributed by atoms with Crippen molar-refractivity contribution in [3.05, 3.63) is 24.0 Å². The minimum atomic E-state index is -0.995. The number of aromatic nitrogens is 2. The van der Waals surface area contributed by atoms with Crippen LogP contribution in [-0.2, 0) is 7.05 Å². The summed E-state index contributed by atoms with van der Waals surface area (Å²) < 4.78 is 1.66. The van der Waals surface area contributed by atoms with Crippen LogP contribution in [0.2, 0.25) is 0 Å². The lowest BCUT2D eigenvalue weighted by Crippen LogP contribution is -2.01. The van der Waals surface area contributed by atoms with E-state index >= 15 is 0 Å². The van der Waals surface area contributed by atoms with E-state index in [1.54, 1.807) is 24.0 Å². The number of rotatable bonds is 1. The highest BCUT2D eigenvalue weighted by molar-refractivity contribution is 6.02. The third kappa shape index (κ3) is 1.73. The number of fused-ring (bicyclic) bond motifs is 1. The SMILES string of the molecule is Cl.Cn1cnc2cc(N)cc(C(=O)O)c21. The molecule has 15 heavy (non-hydrogen) atoms. The number of carboxylic acids is 1. The largest absolute Gasteiger partial charge is 0.478 e. The van der Waals surface area contributed by atoms with Crippen molar-refractivity contribution in [1.29, 1.82) is 0 Å². The number of nitrogens with zero attached hydrogens (tertiary/aromatic N) is 2. The maximum atomic E-state index is 10.9. The van der Waals surface area contributed by atoms with Crippen LogP contribution in [0, 0.1) is 0 Å². The fourth-order valence-corrected chi connectivity index (χ4v) is 1.48. The minimum Gasteiger partial charge on any atom is -0.478 e. The number of imidazole rings is 1. The van der Waals surface area contributed by atoms with Gasteiger partial charge in [0.1, 0.15) is 0 Å². The van der Waals surface area contributed by atoms with Gasteiger partial charge in [-0.2, -0.15) is 0 Å². The number of aryl methyl sites for hydroxylation is 1. The summed E-state index contributed by atoms with van der Waals surface area (Å²) >= 11 is 0. The standard InChI is InChI=1S/C9H9N3O2.ClH/c1-12-4-11-7-3-5(10)2-6(8(7)12)9(13)14;/h2-4H,10H2,1H3,(H,13,14);1H. The van der Waals surface area contributed by atoms with E-state index in [9.17, 15) is 4.79 Å². The Labute approximate surface area is 91.9 Å². The van der Waals surface area contributed by atoms with Crippen LogP contribution in [0.4, 0.5) is 5.69 Å². The van der Waals surface area contributed by atoms with E-state index in [1.165, 1.54) is 6.07 Å². The summed E-state index contributed by atoms with van der Waals surface area (Å²) in [5.74, 6) is -0.995. The van der Waals surface area contributed by atoms with Gasteiger partial charge in [0.2, 0.25) is 0 Å². The number of benzene rings is 1. The lowest BCUT2D eigenvalue weighted by atomic mass is 10.1. The van der Waals surface area contributed by atoms with Crippen LogP contribution >= 0.6 is 12.4 Å². The molecule has 2 rings (SSSR count). The molecule has 3 N–H and O–H groups in total. The smallest absolute Gasteiger partial charge is 0.337 e. The van der Waals surface area contributed by atoms with E-state index in [1.807, 2.05) is 0 Å². The Hall–Kier alpha value is -1.75. The van der Waals surface area contributed by atoms with Crippen LogP contribution in [0.25, 0.3) is 11.0 Å². The van der Waals surface area contributed by atoms with E-state index in [4.69, 9.17) is 10.8 Å². The van der Waals surface area contributed by atoms with Gasteiger partial charge in [-0.25, -0.2) is 9.78 Å². The third-order valence-corrected chi connectivity index (χ3v) is 2.07. The summed E-state index contributed by atoms with van der Waals surface area (Å²) in [5.41, 5.74) is 7.34. The summed E-state index contributed by atoms with van der Waals surface area (Å²) in [6.45, 7) is 0. The van der Waals surface area contributed by atoms with Crippen LogP contribution in [0.15, 0.2) is 18.5 Å². The quantitative estimate of drug-likeness (QED) is 0.719. The second-order valence-corrected chi connectivity index (χ2v) is 3.10. The van der Waals surface area contributed by atoms with E-state index in [0.29, 0.717) is 16.7 Å². The highest BCUT2D eigenvalue weighted by Gasteiger charge is 2.12. The Morgan fingerprint density at radius 3 is 2.80 bits per heavy atom. The molecule has 2 aromatic rings. The number of aromatic carboxylic acids is 1. The molecule has 0 bridgehead atoms. The zero-order valence-corrected chi connectivity index (χ0v) is 8.78. The molecule has 1 aromatic heterocycles. The molecule has 0 fully saturated rings. The Kier molecular flexibility index (Phi) is 2.85. The number of hydrogen-bond acceptors (Lipinski definition) is 3. The van der Waals surface area contributed by atoms with Crippen molar-refractivity contribution < 1.29 is 9.90 Å². The van der Waals surface area contributed by atoms with Gasteiger partial charge in [-0.3, -0.25) is 0 Å². The highest BCUT2D eigenvalue weighted by atomic mass is 35.5. The van der Waals surface area contributed by atoms with Gasteiger partial charge in [0.15, 0.2) is 0 Å². The number of nitrogen functional groups attached to an aromatic ring is 1. The number of nitrogens with two attached hydrogens (primary N) is 1. The molecule has 0 amide bonds. The lowest BCUT2D eigenvalue weighted by molar-refractivity contribution is 0.0698. The Morgan fingerprint density at radius 2 is 2.20 bits per heavy atom. The minimum absolute atomic E-state index is 0. The summed E-state index contributed by atoms with van der Waals surface area (Å²) in [6, 6.07) is 3.09. The summed E-state index contributed by atoms with van der Waals surface area (Å²) in [7, 11) is 1.75. The van der Waals surface area contributed by atoms with Crippen molar-refractivity contribution in [2.75, 3.05) is 5.73 Å². The van der Waals surface area contributed by atoms with Crippen molar-refractivity contribution in [3.8, 4) is 0 Å². The van der Waals surface area contributed by atoms with Crippen LogP contribution < -0.4 is 5.73 Å². The zero-order valence-electron chi connectivity index (χ0n) is 7.97. The number of anilines is 1. The number of hydrogen-bond donors (Lipinski definition) is 2. The summed E-state index contributed by atoms with van der Waals surface area (Å²) in [4.78, 5) is 15.0. The maximum absolute atomic E-state index is 10.9. The van der Waals surface area contributed by atoms with Crippen molar-refractivity contribution in [3.63, 3.8) is 0 Å². The predicted octanol–water partition coefficient (Wildman–Crippen LogP) is 1.28. The van der Waals surface area contributed by atoms with Gasteiger partial charge in [0.25, 0.3) is 0 Å². The Morgan fingerprint density at radius 1 is 1.53 bits per heavy atom. The Balaban J connectivity index is 0.00000112. The van der Waals surface area contributed by atoms with Crippen molar-refractivity contribution in [1.82, 2.24) is 9.55 Å². The highest BCUT2D eigenvalue weighted by Crippen LogP contribution is 2.20. The third-order valence-electron chi connectivity index (χ3n) is 2.07. The van der Waals surface area contributed by atoms with Crippen LogP contribution in [-0.4, -0.2) is 20.6 Å². The molecule has 0 unspecified atom stereocenters. The van der Waals surface area contributed by atoms with Gasteiger partial charge in [-0.15, -0.1) is 12.4 Å². The summed E-state index contributed by atoms with van der Waals surface area (Å²) in [6.07, 6.45) is 1.57. The average molecular weight is 228 g/mol. The molecule has 0 aliphatic heterocycles. The molecule has 0 aliphatic carbocycles. The van der Waals surface area contributed by atoms with Crippen LogP contribution in [0.5, 0.6) is 0 Å². The molecule has 1 heterocycles. The number of carboxylic acid groups (broad SMARTS) is 1. The fourth-order valence-electron chi connectivity index (χ4n) is 1.48. The second-order valence-electron chi connectivity index (χ2n) is 3.10. The van der Waals surface area contributed by atoms with Crippen molar-refractivity contribution >= 4 is 35.1 Å². The van der Waals surface area contributed by atoms with Gasteiger partial charge in [-0.1, -0.05) is 0 Å². The van der Waals surface area contributed by atoms with Gasteiger partial charge >= 0.3 is 5.97 Å². The first kappa shape index (κ1) is 11.3. The monoisotopic (exact) mass is 227 g/mol. The van der Waals surface area contributed by atoms with E-state index < -0.39 is 5.97 Å². The normalized spacial score (nSPS) is 9.93. The van der Waals surface area contributed by atoms with Gasteiger partial charge in [-0.05, 0) is 12.1 Å². The van der Waals surface area contributed by atoms with Crippen molar-refractivity contribution in [2.45, 2.75) is 0 Å². The molecule has 1 aromatic carbocycles. The van der Waals surface area contributed by atoms with Gasteiger partial charge in [0, 0.05) is 12.7 Å². The molecular formula is C9H10ClN3O2. The molecule has 6 heteroatoms. The molecule has 80 valence electrons. The molecule has 0 atom stereocenters. The average Bonchev–Trinajstić information content (AvgIpc) is 2.46. The molecule has 0 saturated heterocycles. The fraction of sp³-hybridized carbons (Fsp3) is 0.111. The first-order valence-electron chi connectivity index (χ1n) is 4.03. The van der Waals surface area contributed by atoms with E-state index in [0.717, 1.165) is 0 Å². The molecule has 0 radical (unpaired) electrons. The van der Waals surface area contributed by atoms with Gasteiger partial charge < -0.3 is 15.4 Å². The summed E-state index contributed by atoms with van der Waals surface area (Å²) in [5, 5.41) is 8.95. The topological polar surface area (TPSA) is 81.1 Å². The van der Waals surface area contributed by atoms with Crippen LogP contribution in [0.3, 0.4) is 0 Å². The van der Waals surface area contributed by atoms with Crippen molar-refractivity contribution in [2.24, 2.45) is 7.05 Å². The number of carbonyl (C=O) groups is 1. The molecule has 0 aliphatic rings. The molecular weight excluding hydrogens is 218 g/mol. The lowest BCUT2D eigenvalue weighted by Gasteiger charge is -2.01. The molecule has 0 spiro atoms. The second kappa shape index (κ2) is 3.78. The van der Waals surface area contributed by atoms with Gasteiger partial charge in [0.05, 0.1) is 22.9 Å². The van der Waals surface area contributed by atoms with E-state index in [2.05, 4.69) is 4.98 Å². The molecule has 5 nitrogen and oxygen atoms in total. The first-order valence-corrected chi connectivity index (χ1v) is 4.03.